The third-order valence-electron chi connectivity index (χ3n) is 3.22. The first-order chi connectivity index (χ1) is 11.7. The second-order valence-corrected chi connectivity index (χ2v) is 6.58. The molecule has 0 aliphatic rings. The number of hydrogen-bond donors (Lipinski definition) is 1. The molecule has 0 fully saturated rings. The van der Waals surface area contributed by atoms with Crippen LogP contribution in [0.3, 0.4) is 0 Å². The molecule has 8 heteroatoms. The fraction of sp³-hybridized carbons (Fsp3) is 0.176. The Kier molecular flexibility index (Phi) is 5.88. The number of thiophene rings is 1. The first-order valence-electron chi connectivity index (χ1n) is 7.13. The first-order valence-corrected chi connectivity index (χ1v) is 8.32. The van der Waals surface area contributed by atoms with Crippen molar-refractivity contribution in [2.75, 3.05) is 5.32 Å². The van der Waals surface area contributed by atoms with Gasteiger partial charge in [-0.25, -0.2) is 0 Å². The SMILES string of the molecule is CCc1ccc(/C=C(\C#N)C(=O)Nc2cc(C(F)(F)F)ccc2Cl)s1. The number of nitrogens with one attached hydrogen (secondary N) is 1. The van der Waals surface area contributed by atoms with Gasteiger partial charge >= 0.3 is 6.18 Å². The summed E-state index contributed by atoms with van der Waals surface area (Å²) in [5.74, 6) is -0.824. The molecule has 0 saturated carbocycles. The smallest absolute Gasteiger partial charge is 0.320 e. The fourth-order valence-corrected chi connectivity index (χ4v) is 3.00. The molecule has 0 saturated heterocycles. The van der Waals surface area contributed by atoms with Gasteiger partial charge in [-0.15, -0.1) is 11.3 Å². The molecule has 1 aromatic heterocycles. The third-order valence-corrected chi connectivity index (χ3v) is 4.73. The van der Waals surface area contributed by atoms with E-state index in [9.17, 15) is 18.0 Å². The van der Waals surface area contributed by atoms with Crippen molar-refractivity contribution in [1.82, 2.24) is 0 Å². The zero-order chi connectivity index (χ0) is 18.6. The lowest BCUT2D eigenvalue weighted by molar-refractivity contribution is -0.137. The van der Waals surface area contributed by atoms with Crippen LogP contribution in [-0.4, -0.2) is 5.91 Å². The van der Waals surface area contributed by atoms with Crippen LogP contribution in [0, 0.1) is 11.3 Å². The van der Waals surface area contributed by atoms with Crippen LogP contribution in [0.25, 0.3) is 6.08 Å². The lowest BCUT2D eigenvalue weighted by Crippen LogP contribution is -2.15. The summed E-state index contributed by atoms with van der Waals surface area (Å²) in [5.41, 5.74) is -1.37. The summed E-state index contributed by atoms with van der Waals surface area (Å²) in [5, 5.41) is 11.4. The Labute approximate surface area is 151 Å². The van der Waals surface area contributed by atoms with E-state index >= 15 is 0 Å². The summed E-state index contributed by atoms with van der Waals surface area (Å²) < 4.78 is 38.3. The molecule has 1 aromatic carbocycles. The Balaban J connectivity index is 2.27. The number of alkyl halides is 3. The normalized spacial score (nSPS) is 11.9. The van der Waals surface area contributed by atoms with E-state index in [2.05, 4.69) is 5.32 Å². The van der Waals surface area contributed by atoms with E-state index in [-0.39, 0.29) is 16.3 Å². The summed E-state index contributed by atoms with van der Waals surface area (Å²) >= 11 is 7.27. The average Bonchev–Trinajstić information content (AvgIpc) is 3.01. The van der Waals surface area contributed by atoms with Gasteiger partial charge in [-0.1, -0.05) is 18.5 Å². The van der Waals surface area contributed by atoms with Crippen molar-refractivity contribution in [3.63, 3.8) is 0 Å². The van der Waals surface area contributed by atoms with Gasteiger partial charge in [0.1, 0.15) is 11.6 Å². The topological polar surface area (TPSA) is 52.9 Å². The Bertz CT molecular complexity index is 866. The van der Waals surface area contributed by atoms with E-state index in [1.165, 1.54) is 17.4 Å². The second-order valence-electron chi connectivity index (χ2n) is 4.97. The van der Waals surface area contributed by atoms with Gasteiger partial charge in [0.2, 0.25) is 0 Å². The molecular weight excluding hydrogens is 373 g/mol. The largest absolute Gasteiger partial charge is 0.416 e. The number of rotatable bonds is 4. The number of nitrogens with zero attached hydrogens (tertiary/aromatic N) is 1. The van der Waals surface area contributed by atoms with E-state index < -0.39 is 17.6 Å². The lowest BCUT2D eigenvalue weighted by atomic mass is 10.1. The number of benzene rings is 1. The van der Waals surface area contributed by atoms with Gasteiger partial charge in [0.15, 0.2) is 0 Å². The number of hydrogen-bond acceptors (Lipinski definition) is 3. The summed E-state index contributed by atoms with van der Waals surface area (Å²) in [6, 6.07) is 8.00. The maximum absolute atomic E-state index is 12.8. The zero-order valence-corrected chi connectivity index (χ0v) is 14.5. The minimum atomic E-state index is -4.56. The summed E-state index contributed by atoms with van der Waals surface area (Å²) in [7, 11) is 0. The Morgan fingerprint density at radius 1 is 1.36 bits per heavy atom. The molecule has 0 bridgehead atoms. The molecule has 0 atom stereocenters. The number of amides is 1. The first kappa shape index (κ1) is 19.0. The van der Waals surface area contributed by atoms with Crippen LogP contribution in [0.4, 0.5) is 18.9 Å². The van der Waals surface area contributed by atoms with Crippen LogP contribution in [0.2, 0.25) is 5.02 Å². The molecule has 1 heterocycles. The molecular formula is C17H12ClF3N2OS. The Morgan fingerprint density at radius 3 is 2.64 bits per heavy atom. The van der Waals surface area contributed by atoms with Gasteiger partial charge < -0.3 is 5.32 Å². The fourth-order valence-electron chi connectivity index (χ4n) is 1.94. The quantitative estimate of drug-likeness (QED) is 0.556. The van der Waals surface area contributed by atoms with Crippen molar-refractivity contribution in [3.8, 4) is 6.07 Å². The Morgan fingerprint density at radius 2 is 2.08 bits per heavy atom. The van der Waals surface area contributed by atoms with Crippen molar-refractivity contribution in [2.45, 2.75) is 19.5 Å². The van der Waals surface area contributed by atoms with Crippen molar-refractivity contribution in [2.24, 2.45) is 0 Å². The maximum Gasteiger partial charge on any atom is 0.416 e. The number of halogens is 4. The molecule has 25 heavy (non-hydrogen) atoms. The van der Waals surface area contributed by atoms with Gasteiger partial charge in [-0.05, 0) is 42.8 Å². The molecule has 0 aliphatic carbocycles. The maximum atomic E-state index is 12.8. The van der Waals surface area contributed by atoms with Gasteiger partial charge in [-0.3, -0.25) is 4.79 Å². The number of carbonyl (C=O) groups excluding carboxylic acids is 1. The minimum Gasteiger partial charge on any atom is -0.320 e. The zero-order valence-electron chi connectivity index (χ0n) is 12.9. The van der Waals surface area contributed by atoms with E-state index in [1.54, 1.807) is 12.1 Å². The Hall–Kier alpha value is -2.30. The van der Waals surface area contributed by atoms with Crippen LogP contribution in [-0.2, 0) is 17.4 Å². The molecule has 2 rings (SSSR count). The molecule has 1 N–H and O–H groups in total. The minimum absolute atomic E-state index is 0.0527. The number of nitriles is 1. The molecule has 1 amide bonds. The van der Waals surface area contributed by atoms with Crippen LogP contribution in [0.15, 0.2) is 35.9 Å². The number of anilines is 1. The van der Waals surface area contributed by atoms with Crippen molar-refractivity contribution in [3.05, 3.63) is 56.2 Å². The van der Waals surface area contributed by atoms with Crippen molar-refractivity contribution < 1.29 is 18.0 Å². The lowest BCUT2D eigenvalue weighted by Gasteiger charge is -2.11. The second kappa shape index (κ2) is 7.72. The highest BCUT2D eigenvalue weighted by Gasteiger charge is 2.31. The van der Waals surface area contributed by atoms with Crippen molar-refractivity contribution >= 4 is 40.6 Å². The summed E-state index contributed by atoms with van der Waals surface area (Å²) in [6.45, 7) is 1.98. The predicted octanol–water partition coefficient (Wildman–Crippen LogP) is 5.53. The highest BCUT2D eigenvalue weighted by atomic mass is 35.5. The highest BCUT2D eigenvalue weighted by Crippen LogP contribution is 2.34. The monoisotopic (exact) mass is 384 g/mol. The van der Waals surface area contributed by atoms with E-state index in [0.717, 1.165) is 29.5 Å². The predicted molar refractivity (Wildman–Crippen MR) is 92.4 cm³/mol. The average molecular weight is 385 g/mol. The van der Waals surface area contributed by atoms with Crippen LogP contribution in [0.5, 0.6) is 0 Å². The standard InChI is InChI=1S/C17H12ClF3N2OS/c1-2-12-4-5-13(25-12)7-10(9-22)16(24)23-15-8-11(17(19,20)21)3-6-14(15)18/h3-8H,2H2,1H3,(H,23,24)/b10-7+. The van der Waals surface area contributed by atoms with Crippen LogP contribution in [0.1, 0.15) is 22.2 Å². The van der Waals surface area contributed by atoms with Gasteiger partial charge in [0.25, 0.3) is 5.91 Å². The molecule has 0 aliphatic heterocycles. The molecule has 0 radical (unpaired) electrons. The molecule has 130 valence electrons. The summed E-state index contributed by atoms with van der Waals surface area (Å²) in [4.78, 5) is 14.0. The van der Waals surface area contributed by atoms with Gasteiger partial charge in [0, 0.05) is 9.75 Å². The number of carbonyl (C=O) groups is 1. The molecule has 3 nitrogen and oxygen atoms in total. The summed E-state index contributed by atoms with van der Waals surface area (Å²) in [6.07, 6.45) is -2.35. The van der Waals surface area contributed by atoms with Gasteiger partial charge in [0.05, 0.1) is 16.3 Å². The number of aryl methyl sites for hydroxylation is 1. The highest BCUT2D eigenvalue weighted by molar-refractivity contribution is 7.12. The van der Waals surface area contributed by atoms with Crippen LogP contribution >= 0.6 is 22.9 Å². The van der Waals surface area contributed by atoms with Crippen molar-refractivity contribution in [1.29, 1.82) is 5.26 Å². The molecule has 0 unspecified atom stereocenters. The van der Waals surface area contributed by atoms with E-state index in [1.807, 2.05) is 13.0 Å². The molecule has 0 spiro atoms. The third kappa shape index (κ3) is 4.84. The van der Waals surface area contributed by atoms with Crippen LogP contribution < -0.4 is 5.32 Å². The van der Waals surface area contributed by atoms with E-state index in [0.29, 0.717) is 4.88 Å². The molecule has 2 aromatic rings. The van der Waals surface area contributed by atoms with E-state index in [4.69, 9.17) is 16.9 Å². The van der Waals surface area contributed by atoms with Gasteiger partial charge in [-0.2, -0.15) is 18.4 Å².